The third kappa shape index (κ3) is 2.65. The van der Waals surface area contributed by atoms with Crippen LogP contribution in [0.5, 0.6) is 0 Å². The van der Waals surface area contributed by atoms with Crippen molar-refractivity contribution < 1.29 is 13.2 Å². The highest BCUT2D eigenvalue weighted by atomic mass is 32.1. The van der Waals surface area contributed by atoms with Gasteiger partial charge in [0, 0.05) is 22.7 Å². The second-order valence-electron chi connectivity index (χ2n) is 5.59. The Morgan fingerprint density at radius 2 is 1.77 bits per heavy atom. The van der Waals surface area contributed by atoms with Crippen LogP contribution in [0.25, 0.3) is 27.5 Å². The van der Waals surface area contributed by atoms with E-state index >= 15 is 0 Å². The summed E-state index contributed by atoms with van der Waals surface area (Å²) < 4.78 is 42.0. The fraction of sp³-hybridized carbons (Fsp3) is 0.0526. The molecule has 0 fully saturated rings. The van der Waals surface area contributed by atoms with Crippen molar-refractivity contribution in [2.24, 2.45) is 0 Å². The number of rotatable bonds is 2. The van der Waals surface area contributed by atoms with Gasteiger partial charge in [0.15, 0.2) is 0 Å². The van der Waals surface area contributed by atoms with Crippen molar-refractivity contribution in [1.29, 1.82) is 5.26 Å². The lowest BCUT2D eigenvalue weighted by atomic mass is 10.0. The van der Waals surface area contributed by atoms with Gasteiger partial charge in [0.25, 0.3) is 0 Å². The maximum Gasteiger partial charge on any atom is 0.417 e. The van der Waals surface area contributed by atoms with E-state index in [1.54, 1.807) is 40.9 Å². The fourth-order valence-electron chi connectivity index (χ4n) is 2.83. The number of benzene rings is 2. The second-order valence-corrected chi connectivity index (χ2v) is 6.49. The van der Waals surface area contributed by atoms with Gasteiger partial charge in [-0.05, 0) is 30.3 Å². The molecular weight excluding hydrogens is 359 g/mol. The first-order valence-electron chi connectivity index (χ1n) is 7.62. The standard InChI is InChI=1S/C19H10F3N3S/c20-19(21,22)15-4-2-1-3-14(15)16-18-25(9-10-26-18)17(24-16)13-7-5-12(11-23)6-8-13/h1-10H. The van der Waals surface area contributed by atoms with Crippen molar-refractivity contribution in [2.45, 2.75) is 6.18 Å². The van der Waals surface area contributed by atoms with E-state index < -0.39 is 11.7 Å². The number of thiazole rings is 1. The summed E-state index contributed by atoms with van der Waals surface area (Å²) in [6.07, 6.45) is -2.68. The van der Waals surface area contributed by atoms with Crippen LogP contribution in [0.15, 0.2) is 60.1 Å². The molecule has 0 unspecified atom stereocenters. The van der Waals surface area contributed by atoms with Gasteiger partial charge in [0.2, 0.25) is 0 Å². The molecule has 0 aliphatic heterocycles. The van der Waals surface area contributed by atoms with E-state index in [2.05, 4.69) is 4.98 Å². The van der Waals surface area contributed by atoms with E-state index in [9.17, 15) is 13.2 Å². The smallest absolute Gasteiger partial charge is 0.290 e. The lowest BCUT2D eigenvalue weighted by Gasteiger charge is -2.10. The van der Waals surface area contributed by atoms with Gasteiger partial charge in [-0.15, -0.1) is 11.3 Å². The van der Waals surface area contributed by atoms with Crippen molar-refractivity contribution in [3.63, 3.8) is 0 Å². The maximum absolute atomic E-state index is 13.4. The molecule has 128 valence electrons. The number of hydrogen-bond donors (Lipinski definition) is 0. The minimum Gasteiger partial charge on any atom is -0.290 e. The molecule has 26 heavy (non-hydrogen) atoms. The summed E-state index contributed by atoms with van der Waals surface area (Å²) in [5.74, 6) is 0.540. The molecule has 2 heterocycles. The first-order valence-corrected chi connectivity index (χ1v) is 8.49. The van der Waals surface area contributed by atoms with Gasteiger partial charge in [-0.3, -0.25) is 4.40 Å². The van der Waals surface area contributed by atoms with Crippen LogP contribution in [0.4, 0.5) is 13.2 Å². The van der Waals surface area contributed by atoms with Crippen LogP contribution < -0.4 is 0 Å². The van der Waals surface area contributed by atoms with Gasteiger partial charge in [0.1, 0.15) is 16.3 Å². The third-order valence-electron chi connectivity index (χ3n) is 4.02. The molecule has 0 atom stereocenters. The van der Waals surface area contributed by atoms with E-state index in [0.717, 1.165) is 11.6 Å². The van der Waals surface area contributed by atoms with Crippen LogP contribution >= 0.6 is 11.3 Å². The highest BCUT2D eigenvalue weighted by Crippen LogP contribution is 2.40. The molecule has 3 nitrogen and oxygen atoms in total. The first-order chi connectivity index (χ1) is 12.5. The van der Waals surface area contributed by atoms with Gasteiger partial charge in [0.05, 0.1) is 17.2 Å². The monoisotopic (exact) mass is 369 g/mol. The van der Waals surface area contributed by atoms with Gasteiger partial charge in [-0.25, -0.2) is 4.98 Å². The highest BCUT2D eigenvalue weighted by Gasteiger charge is 2.34. The Kier molecular flexibility index (Phi) is 3.78. The molecule has 0 N–H and O–H groups in total. The van der Waals surface area contributed by atoms with Crippen molar-refractivity contribution in [2.75, 3.05) is 0 Å². The first kappa shape index (κ1) is 16.4. The van der Waals surface area contributed by atoms with Crippen LogP contribution in [0.3, 0.4) is 0 Å². The second kappa shape index (κ2) is 6.00. The number of nitrogens with zero attached hydrogens (tertiary/aromatic N) is 3. The Hall–Kier alpha value is -3.11. The molecule has 0 saturated carbocycles. The molecule has 2 aromatic heterocycles. The average molecular weight is 369 g/mol. The van der Waals surface area contributed by atoms with Crippen LogP contribution in [0.2, 0.25) is 0 Å². The lowest BCUT2D eigenvalue weighted by Crippen LogP contribution is -2.06. The topological polar surface area (TPSA) is 41.1 Å². The molecule has 0 saturated heterocycles. The van der Waals surface area contributed by atoms with Crippen molar-refractivity contribution in [3.8, 4) is 28.7 Å². The number of alkyl halides is 3. The van der Waals surface area contributed by atoms with Crippen LogP contribution in [-0.2, 0) is 6.18 Å². The van der Waals surface area contributed by atoms with E-state index in [4.69, 9.17) is 5.26 Å². The molecular formula is C19H10F3N3S. The molecule has 4 rings (SSSR count). The zero-order chi connectivity index (χ0) is 18.3. The van der Waals surface area contributed by atoms with Crippen molar-refractivity contribution >= 4 is 16.2 Å². The zero-order valence-electron chi connectivity index (χ0n) is 13.2. The molecule has 0 bridgehead atoms. The number of nitriles is 1. The molecule has 0 aliphatic rings. The van der Waals surface area contributed by atoms with E-state index in [1.807, 2.05) is 11.4 Å². The number of imidazole rings is 1. The molecule has 7 heteroatoms. The summed E-state index contributed by atoms with van der Waals surface area (Å²) in [5.41, 5.74) is 0.884. The number of halogens is 3. The predicted octanol–water partition coefficient (Wildman–Crippen LogP) is 5.62. The third-order valence-corrected chi connectivity index (χ3v) is 4.89. The van der Waals surface area contributed by atoms with Gasteiger partial charge in [-0.1, -0.05) is 18.2 Å². The maximum atomic E-state index is 13.4. The van der Waals surface area contributed by atoms with Gasteiger partial charge in [-0.2, -0.15) is 18.4 Å². The Morgan fingerprint density at radius 3 is 2.46 bits per heavy atom. The van der Waals surface area contributed by atoms with Crippen LogP contribution in [0, 0.1) is 11.3 Å². The summed E-state index contributed by atoms with van der Waals surface area (Å²) in [6.45, 7) is 0. The van der Waals surface area contributed by atoms with E-state index in [1.165, 1.54) is 23.5 Å². The number of hydrogen-bond acceptors (Lipinski definition) is 3. The Balaban J connectivity index is 1.94. The summed E-state index contributed by atoms with van der Waals surface area (Å²) in [7, 11) is 0. The highest BCUT2D eigenvalue weighted by molar-refractivity contribution is 7.16. The summed E-state index contributed by atoms with van der Waals surface area (Å²) in [5, 5.41) is 10.7. The Labute approximate surface area is 150 Å². The molecule has 0 radical (unpaired) electrons. The number of aromatic nitrogens is 2. The summed E-state index contributed by atoms with van der Waals surface area (Å²) in [6, 6.07) is 14.3. The van der Waals surface area contributed by atoms with E-state index in [-0.39, 0.29) is 5.56 Å². The average Bonchev–Trinajstić information content (AvgIpc) is 3.24. The quantitative estimate of drug-likeness (QED) is 0.460. The lowest BCUT2D eigenvalue weighted by molar-refractivity contribution is -0.137. The summed E-state index contributed by atoms with van der Waals surface area (Å²) >= 11 is 1.33. The number of fused-ring (bicyclic) bond motifs is 1. The SMILES string of the molecule is N#Cc1ccc(-c2nc(-c3ccccc3C(F)(F)F)c3sccn23)cc1. The predicted molar refractivity (Wildman–Crippen MR) is 93.7 cm³/mol. The largest absolute Gasteiger partial charge is 0.417 e. The van der Waals surface area contributed by atoms with Crippen molar-refractivity contribution in [3.05, 3.63) is 71.2 Å². The molecule has 0 spiro atoms. The summed E-state index contributed by atoms with van der Waals surface area (Å²) in [4.78, 5) is 5.15. The van der Waals surface area contributed by atoms with Gasteiger partial charge >= 0.3 is 6.18 Å². The minimum atomic E-state index is -4.46. The zero-order valence-corrected chi connectivity index (χ0v) is 14.0. The Bertz CT molecular complexity index is 1130. The van der Waals surface area contributed by atoms with E-state index in [0.29, 0.717) is 21.9 Å². The normalized spacial score (nSPS) is 11.6. The molecule has 2 aromatic carbocycles. The minimum absolute atomic E-state index is 0.0554. The van der Waals surface area contributed by atoms with Crippen LogP contribution in [-0.4, -0.2) is 9.38 Å². The molecule has 0 amide bonds. The van der Waals surface area contributed by atoms with Crippen LogP contribution in [0.1, 0.15) is 11.1 Å². The van der Waals surface area contributed by atoms with Gasteiger partial charge < -0.3 is 0 Å². The molecule has 4 aromatic rings. The van der Waals surface area contributed by atoms with Crippen molar-refractivity contribution in [1.82, 2.24) is 9.38 Å². The fourth-order valence-corrected chi connectivity index (χ4v) is 3.67. The Morgan fingerprint density at radius 1 is 1.04 bits per heavy atom. The molecule has 0 aliphatic carbocycles.